The molecule has 0 bridgehead atoms. The lowest BCUT2D eigenvalue weighted by Crippen LogP contribution is -2.41. The van der Waals surface area contributed by atoms with Gasteiger partial charge in [-0.15, -0.1) is 0 Å². The number of nitrogens with one attached hydrogen (secondary N) is 1. The molecule has 14 heavy (non-hydrogen) atoms. The molecule has 2 amide bonds. The average molecular weight is 197 g/mol. The van der Waals surface area contributed by atoms with Crippen molar-refractivity contribution in [2.24, 2.45) is 5.73 Å². The minimum atomic E-state index is -0.386. The molecule has 0 radical (unpaired) electrons. The Bertz CT molecular complexity index is 213. The summed E-state index contributed by atoms with van der Waals surface area (Å²) in [7, 11) is 0. The largest absolute Gasteiger partial charge is 0.352 e. The van der Waals surface area contributed by atoms with Crippen LogP contribution in [-0.2, 0) is 0 Å². The van der Waals surface area contributed by atoms with Gasteiger partial charge in [0.2, 0.25) is 0 Å². The van der Waals surface area contributed by atoms with E-state index in [0.29, 0.717) is 0 Å². The van der Waals surface area contributed by atoms with Gasteiger partial charge in [0.1, 0.15) is 0 Å². The zero-order valence-corrected chi connectivity index (χ0v) is 8.54. The van der Waals surface area contributed by atoms with Crippen LogP contribution in [0.4, 0.5) is 4.79 Å². The van der Waals surface area contributed by atoms with Gasteiger partial charge in [0.15, 0.2) is 0 Å². The van der Waals surface area contributed by atoms with Gasteiger partial charge in [-0.25, -0.2) is 4.79 Å². The van der Waals surface area contributed by atoms with Gasteiger partial charge in [0.05, 0.1) is 0 Å². The first-order chi connectivity index (χ1) is 6.75. The third kappa shape index (κ3) is 2.18. The van der Waals surface area contributed by atoms with E-state index in [1.54, 1.807) is 0 Å². The van der Waals surface area contributed by atoms with Gasteiger partial charge in [-0.1, -0.05) is 12.8 Å². The fourth-order valence-electron chi connectivity index (χ4n) is 2.71. The number of rotatable bonds is 2. The summed E-state index contributed by atoms with van der Waals surface area (Å²) in [5, 5.41) is 2.79. The molecule has 1 aliphatic carbocycles. The fourth-order valence-corrected chi connectivity index (χ4v) is 2.71. The Morgan fingerprint density at radius 1 is 1.29 bits per heavy atom. The van der Waals surface area contributed by atoms with Gasteiger partial charge in [-0.2, -0.15) is 0 Å². The predicted octanol–water partition coefficient (Wildman–Crippen LogP) is 0.672. The standard InChI is InChI=1S/C10H19N3O/c11-10(14)12-8-5-6-13(7-8)9-3-1-2-4-9/h8-9H,1-7H2,(H3,11,12,14)/t8-/m1/s1. The molecule has 4 nitrogen and oxygen atoms in total. The lowest BCUT2D eigenvalue weighted by atomic mass is 10.2. The molecular weight excluding hydrogens is 178 g/mol. The summed E-state index contributed by atoms with van der Waals surface area (Å²) in [5.74, 6) is 0. The summed E-state index contributed by atoms with van der Waals surface area (Å²) in [6, 6.07) is 0.672. The van der Waals surface area contributed by atoms with Gasteiger partial charge in [0.25, 0.3) is 0 Å². The molecule has 2 aliphatic rings. The molecule has 80 valence electrons. The Morgan fingerprint density at radius 3 is 2.64 bits per heavy atom. The van der Waals surface area contributed by atoms with Crippen LogP contribution in [0.3, 0.4) is 0 Å². The zero-order valence-electron chi connectivity index (χ0n) is 8.54. The number of hydrogen-bond donors (Lipinski definition) is 2. The predicted molar refractivity (Wildman–Crippen MR) is 55.0 cm³/mol. The Kier molecular flexibility index (Phi) is 2.91. The van der Waals surface area contributed by atoms with Gasteiger partial charge < -0.3 is 11.1 Å². The number of likely N-dealkylation sites (tertiary alicyclic amines) is 1. The fraction of sp³-hybridized carbons (Fsp3) is 0.900. The molecule has 1 heterocycles. The zero-order chi connectivity index (χ0) is 9.97. The Hall–Kier alpha value is -0.770. The highest BCUT2D eigenvalue weighted by Gasteiger charge is 2.30. The second-order valence-electron chi connectivity index (χ2n) is 4.43. The Labute approximate surface area is 84.8 Å². The maximum Gasteiger partial charge on any atom is 0.312 e. The number of carbonyl (C=O) groups is 1. The monoisotopic (exact) mass is 197 g/mol. The van der Waals surface area contributed by atoms with E-state index in [2.05, 4.69) is 10.2 Å². The Morgan fingerprint density at radius 2 is 2.00 bits per heavy atom. The average Bonchev–Trinajstić information content (AvgIpc) is 2.69. The van der Waals surface area contributed by atoms with Crippen molar-refractivity contribution >= 4 is 6.03 Å². The van der Waals surface area contributed by atoms with Crippen LogP contribution < -0.4 is 11.1 Å². The lowest BCUT2D eigenvalue weighted by molar-refractivity contribution is 0.232. The molecule has 0 aromatic rings. The van der Waals surface area contributed by atoms with Gasteiger partial charge in [-0.05, 0) is 19.3 Å². The van der Waals surface area contributed by atoms with Crippen molar-refractivity contribution < 1.29 is 4.79 Å². The van der Waals surface area contributed by atoms with Crippen molar-refractivity contribution in [3.05, 3.63) is 0 Å². The number of nitrogens with two attached hydrogens (primary N) is 1. The van der Waals surface area contributed by atoms with Crippen molar-refractivity contribution in [2.45, 2.75) is 44.2 Å². The maximum absolute atomic E-state index is 10.7. The lowest BCUT2D eigenvalue weighted by Gasteiger charge is -2.23. The summed E-state index contributed by atoms with van der Waals surface area (Å²) < 4.78 is 0. The second-order valence-corrected chi connectivity index (χ2v) is 4.43. The van der Waals surface area contributed by atoms with Crippen LogP contribution in [0.2, 0.25) is 0 Å². The van der Waals surface area contributed by atoms with Crippen molar-refractivity contribution in [1.82, 2.24) is 10.2 Å². The third-order valence-electron chi connectivity index (χ3n) is 3.41. The molecule has 1 saturated carbocycles. The molecule has 0 spiro atoms. The van der Waals surface area contributed by atoms with Crippen LogP contribution in [0.1, 0.15) is 32.1 Å². The van der Waals surface area contributed by atoms with E-state index < -0.39 is 0 Å². The quantitative estimate of drug-likeness (QED) is 0.683. The first-order valence-corrected chi connectivity index (χ1v) is 5.56. The van der Waals surface area contributed by atoms with Gasteiger partial charge in [0, 0.05) is 25.2 Å². The molecule has 2 rings (SSSR count). The smallest absolute Gasteiger partial charge is 0.312 e. The molecule has 0 aromatic heterocycles. The van der Waals surface area contributed by atoms with Crippen LogP contribution >= 0.6 is 0 Å². The molecule has 0 unspecified atom stereocenters. The molecular formula is C10H19N3O. The number of amides is 2. The van der Waals surface area contributed by atoms with E-state index in [1.165, 1.54) is 25.7 Å². The van der Waals surface area contributed by atoms with E-state index in [1.807, 2.05) is 0 Å². The first kappa shape index (κ1) is 9.77. The molecule has 4 heteroatoms. The SMILES string of the molecule is NC(=O)N[C@@H]1CCN(C2CCCC2)C1. The van der Waals surface area contributed by atoms with E-state index in [-0.39, 0.29) is 12.1 Å². The van der Waals surface area contributed by atoms with Crippen LogP contribution in [0.15, 0.2) is 0 Å². The number of nitrogens with zero attached hydrogens (tertiary/aromatic N) is 1. The van der Waals surface area contributed by atoms with Crippen molar-refractivity contribution in [1.29, 1.82) is 0 Å². The number of primary amides is 1. The highest BCUT2D eigenvalue weighted by Crippen LogP contribution is 2.26. The van der Waals surface area contributed by atoms with Crippen LogP contribution in [0.25, 0.3) is 0 Å². The summed E-state index contributed by atoms with van der Waals surface area (Å²) >= 11 is 0. The maximum atomic E-state index is 10.7. The van der Waals surface area contributed by atoms with Crippen LogP contribution in [0.5, 0.6) is 0 Å². The summed E-state index contributed by atoms with van der Waals surface area (Å²) in [6.45, 7) is 2.11. The first-order valence-electron chi connectivity index (χ1n) is 5.56. The molecule has 0 aromatic carbocycles. The number of carbonyl (C=O) groups excluding carboxylic acids is 1. The highest BCUT2D eigenvalue weighted by molar-refractivity contribution is 5.72. The van der Waals surface area contributed by atoms with E-state index >= 15 is 0 Å². The van der Waals surface area contributed by atoms with E-state index in [0.717, 1.165) is 25.6 Å². The normalized spacial score (nSPS) is 29.6. The van der Waals surface area contributed by atoms with Crippen LogP contribution in [-0.4, -0.2) is 36.1 Å². The van der Waals surface area contributed by atoms with Crippen molar-refractivity contribution in [3.63, 3.8) is 0 Å². The van der Waals surface area contributed by atoms with E-state index in [4.69, 9.17) is 5.73 Å². The van der Waals surface area contributed by atoms with Gasteiger partial charge in [-0.3, -0.25) is 4.90 Å². The molecule has 1 atom stereocenters. The minimum Gasteiger partial charge on any atom is -0.352 e. The molecule has 1 aliphatic heterocycles. The number of hydrogen-bond acceptors (Lipinski definition) is 2. The van der Waals surface area contributed by atoms with E-state index in [9.17, 15) is 4.79 Å². The second kappa shape index (κ2) is 4.17. The van der Waals surface area contributed by atoms with Crippen LogP contribution in [0, 0.1) is 0 Å². The number of urea groups is 1. The van der Waals surface area contributed by atoms with Crippen molar-refractivity contribution in [2.75, 3.05) is 13.1 Å². The van der Waals surface area contributed by atoms with Crippen molar-refractivity contribution in [3.8, 4) is 0 Å². The molecule has 2 fully saturated rings. The molecule has 3 N–H and O–H groups in total. The minimum absolute atomic E-state index is 0.285. The Balaban J connectivity index is 1.78. The topological polar surface area (TPSA) is 58.4 Å². The third-order valence-corrected chi connectivity index (χ3v) is 3.41. The molecule has 1 saturated heterocycles. The summed E-state index contributed by atoms with van der Waals surface area (Å²) in [5.41, 5.74) is 5.10. The summed E-state index contributed by atoms with van der Waals surface area (Å²) in [6.07, 6.45) is 6.47. The van der Waals surface area contributed by atoms with Gasteiger partial charge >= 0.3 is 6.03 Å². The highest BCUT2D eigenvalue weighted by atomic mass is 16.2. The summed E-state index contributed by atoms with van der Waals surface area (Å²) in [4.78, 5) is 13.2.